The van der Waals surface area contributed by atoms with Crippen molar-refractivity contribution in [1.29, 1.82) is 0 Å². The van der Waals surface area contributed by atoms with Crippen molar-refractivity contribution in [2.24, 2.45) is 11.7 Å². The van der Waals surface area contributed by atoms with E-state index >= 15 is 0 Å². The summed E-state index contributed by atoms with van der Waals surface area (Å²) in [6, 6.07) is 4.15. The lowest BCUT2D eigenvalue weighted by molar-refractivity contribution is 0.250. The van der Waals surface area contributed by atoms with Gasteiger partial charge in [-0.25, -0.2) is 0 Å². The normalized spacial score (nSPS) is 16.5. The van der Waals surface area contributed by atoms with Crippen LogP contribution in [-0.4, -0.2) is 28.5 Å². The summed E-state index contributed by atoms with van der Waals surface area (Å²) in [5.74, 6) is 1.23. The van der Waals surface area contributed by atoms with Crippen LogP contribution in [0.2, 0.25) is 0 Å². The average molecular weight is 254 g/mol. The van der Waals surface area contributed by atoms with Crippen molar-refractivity contribution >= 4 is 11.8 Å². The van der Waals surface area contributed by atoms with Crippen molar-refractivity contribution in [3.63, 3.8) is 0 Å². The number of aliphatic hydroxyl groups is 1. The van der Waals surface area contributed by atoms with Crippen molar-refractivity contribution < 1.29 is 5.11 Å². The molecule has 1 aromatic heterocycles. The summed E-state index contributed by atoms with van der Waals surface area (Å²) in [5, 5.41) is 9.32. The van der Waals surface area contributed by atoms with Gasteiger partial charge in [0.05, 0.1) is 0 Å². The molecule has 0 fully saturated rings. The molecule has 3 nitrogen and oxygen atoms in total. The first kappa shape index (κ1) is 14.5. The van der Waals surface area contributed by atoms with Crippen LogP contribution in [0.1, 0.15) is 31.1 Å². The minimum absolute atomic E-state index is 0.134. The van der Waals surface area contributed by atoms with Crippen LogP contribution in [0.3, 0.4) is 0 Å². The molecule has 0 aromatic carbocycles. The highest BCUT2D eigenvalue weighted by Gasteiger charge is 2.19. The molecule has 1 aromatic rings. The monoisotopic (exact) mass is 254 g/mol. The molecule has 0 saturated carbocycles. The zero-order valence-electron chi connectivity index (χ0n) is 10.5. The van der Waals surface area contributed by atoms with Crippen molar-refractivity contribution in [3.8, 4) is 0 Å². The molecule has 0 aliphatic heterocycles. The molecule has 0 radical (unpaired) electrons. The topological polar surface area (TPSA) is 59.1 Å². The first-order valence-corrected chi connectivity index (χ1v) is 7.11. The molecule has 0 saturated heterocycles. The third-order valence-electron chi connectivity index (χ3n) is 2.75. The molecule has 0 aliphatic carbocycles. The van der Waals surface area contributed by atoms with Crippen molar-refractivity contribution in [3.05, 3.63) is 30.1 Å². The van der Waals surface area contributed by atoms with Gasteiger partial charge >= 0.3 is 0 Å². The molecular formula is C13H22N2OS. The zero-order chi connectivity index (χ0) is 12.7. The Morgan fingerprint density at radius 3 is 2.82 bits per heavy atom. The van der Waals surface area contributed by atoms with E-state index in [0.29, 0.717) is 5.92 Å². The maximum absolute atomic E-state index is 9.06. The second-order valence-electron chi connectivity index (χ2n) is 4.40. The molecule has 3 N–H and O–H groups in total. The number of thioether (sulfide) groups is 1. The Balaban J connectivity index is 2.68. The van der Waals surface area contributed by atoms with E-state index in [1.807, 2.05) is 30.9 Å². The largest absolute Gasteiger partial charge is 0.396 e. The van der Waals surface area contributed by atoms with Crippen LogP contribution in [0, 0.1) is 5.92 Å². The van der Waals surface area contributed by atoms with E-state index in [2.05, 4.69) is 18.0 Å². The van der Waals surface area contributed by atoms with Gasteiger partial charge in [-0.2, -0.15) is 11.8 Å². The zero-order valence-corrected chi connectivity index (χ0v) is 11.4. The minimum atomic E-state index is 0.134. The van der Waals surface area contributed by atoms with E-state index < -0.39 is 0 Å². The maximum Gasteiger partial charge on any atom is 0.0464 e. The summed E-state index contributed by atoms with van der Waals surface area (Å²) in [5.41, 5.74) is 7.34. The lowest BCUT2D eigenvalue weighted by Crippen LogP contribution is -2.26. The molecule has 0 spiro atoms. The summed E-state index contributed by atoms with van der Waals surface area (Å²) in [7, 11) is 0. The maximum atomic E-state index is 9.06. The highest BCUT2D eigenvalue weighted by Crippen LogP contribution is 2.33. The van der Waals surface area contributed by atoms with Crippen LogP contribution < -0.4 is 5.73 Å². The summed E-state index contributed by atoms with van der Waals surface area (Å²) < 4.78 is 0. The summed E-state index contributed by atoms with van der Waals surface area (Å²) in [4.78, 5) is 4.15. The van der Waals surface area contributed by atoms with Crippen LogP contribution in [0.4, 0.5) is 0 Å². The van der Waals surface area contributed by atoms with Gasteiger partial charge in [0.2, 0.25) is 0 Å². The summed E-state index contributed by atoms with van der Waals surface area (Å²) >= 11 is 1.81. The molecular weight excluding hydrogens is 232 g/mol. The Kier molecular flexibility index (Phi) is 6.55. The highest BCUT2D eigenvalue weighted by atomic mass is 32.2. The van der Waals surface area contributed by atoms with Crippen molar-refractivity contribution in [1.82, 2.24) is 4.98 Å². The Labute approximate surface area is 108 Å². The number of rotatable bonds is 7. The van der Waals surface area contributed by atoms with E-state index in [-0.39, 0.29) is 17.9 Å². The molecule has 4 heteroatoms. The summed E-state index contributed by atoms with van der Waals surface area (Å²) in [6.07, 6.45) is 4.61. The molecule has 0 amide bonds. The number of pyridine rings is 1. The molecule has 3 unspecified atom stereocenters. The summed E-state index contributed by atoms with van der Waals surface area (Å²) in [6.45, 7) is 4.38. The Bertz CT molecular complexity index is 308. The Morgan fingerprint density at radius 2 is 2.29 bits per heavy atom. The molecule has 96 valence electrons. The van der Waals surface area contributed by atoms with Crippen LogP contribution in [0.5, 0.6) is 0 Å². The second-order valence-corrected chi connectivity index (χ2v) is 5.57. The van der Waals surface area contributed by atoms with Gasteiger partial charge in [-0.3, -0.25) is 4.98 Å². The number of aromatic nitrogens is 1. The van der Waals surface area contributed by atoms with Crippen LogP contribution in [0.25, 0.3) is 0 Å². The van der Waals surface area contributed by atoms with Crippen molar-refractivity contribution in [2.45, 2.75) is 31.6 Å². The third-order valence-corrected chi connectivity index (χ3v) is 4.49. The number of hydrogen-bond acceptors (Lipinski definition) is 4. The minimum Gasteiger partial charge on any atom is -0.396 e. The third kappa shape index (κ3) is 4.66. The van der Waals surface area contributed by atoms with Crippen LogP contribution in [0.15, 0.2) is 24.5 Å². The fraction of sp³-hybridized carbons (Fsp3) is 0.615. The first-order chi connectivity index (χ1) is 8.19. The average Bonchev–Trinajstić information content (AvgIpc) is 2.39. The number of hydrogen-bond donors (Lipinski definition) is 2. The Morgan fingerprint density at radius 1 is 1.53 bits per heavy atom. The lowest BCUT2D eigenvalue weighted by atomic mass is 10.1. The lowest BCUT2D eigenvalue weighted by Gasteiger charge is -2.23. The molecule has 1 heterocycles. The van der Waals surface area contributed by atoms with Gasteiger partial charge in [-0.05, 0) is 29.7 Å². The standard InChI is InChI=1S/C13H22N2OS/c1-3-12(14)13(17-9-10(2)8-16)11-5-4-6-15-7-11/h4-7,10,12-13,16H,3,8-9,14H2,1-2H3. The molecule has 0 aliphatic rings. The SMILES string of the molecule is CCC(N)C(SCC(C)CO)c1cccnc1. The van der Waals surface area contributed by atoms with Gasteiger partial charge in [-0.1, -0.05) is 19.9 Å². The van der Waals surface area contributed by atoms with Gasteiger partial charge in [0.15, 0.2) is 0 Å². The first-order valence-electron chi connectivity index (χ1n) is 6.07. The molecule has 0 bridgehead atoms. The highest BCUT2D eigenvalue weighted by molar-refractivity contribution is 7.99. The Hall–Kier alpha value is -0.580. The number of aliphatic hydroxyl groups excluding tert-OH is 1. The molecule has 17 heavy (non-hydrogen) atoms. The smallest absolute Gasteiger partial charge is 0.0464 e. The van der Waals surface area contributed by atoms with E-state index in [1.165, 1.54) is 5.56 Å². The predicted molar refractivity (Wildman–Crippen MR) is 74.0 cm³/mol. The van der Waals surface area contributed by atoms with Gasteiger partial charge < -0.3 is 10.8 Å². The van der Waals surface area contributed by atoms with Gasteiger partial charge in [0.25, 0.3) is 0 Å². The van der Waals surface area contributed by atoms with Gasteiger partial charge in [0.1, 0.15) is 0 Å². The van der Waals surface area contributed by atoms with Gasteiger partial charge in [-0.15, -0.1) is 0 Å². The quantitative estimate of drug-likeness (QED) is 0.783. The predicted octanol–water partition coefficient (Wildman–Crippen LogP) is 2.22. The van der Waals surface area contributed by atoms with Crippen LogP contribution >= 0.6 is 11.8 Å². The molecule has 3 atom stereocenters. The fourth-order valence-corrected chi connectivity index (χ4v) is 2.96. The fourth-order valence-electron chi connectivity index (χ4n) is 1.55. The van der Waals surface area contributed by atoms with E-state index in [0.717, 1.165) is 12.2 Å². The molecule has 1 rings (SSSR count). The van der Waals surface area contributed by atoms with Crippen molar-refractivity contribution in [2.75, 3.05) is 12.4 Å². The second kappa shape index (κ2) is 7.69. The van der Waals surface area contributed by atoms with E-state index in [4.69, 9.17) is 10.8 Å². The van der Waals surface area contributed by atoms with Crippen LogP contribution in [-0.2, 0) is 0 Å². The van der Waals surface area contributed by atoms with E-state index in [1.54, 1.807) is 6.20 Å². The number of nitrogens with zero attached hydrogens (tertiary/aromatic N) is 1. The number of nitrogens with two attached hydrogens (primary N) is 1. The van der Waals surface area contributed by atoms with E-state index in [9.17, 15) is 0 Å². The van der Waals surface area contributed by atoms with Gasteiger partial charge in [0, 0.05) is 30.3 Å².